The summed E-state index contributed by atoms with van der Waals surface area (Å²) in [5.74, 6) is -0.140. The van der Waals surface area contributed by atoms with Crippen LogP contribution in [0.5, 0.6) is 5.75 Å². The molecule has 0 aliphatic heterocycles. The van der Waals surface area contributed by atoms with E-state index in [0.717, 1.165) is 28.1 Å². The third kappa shape index (κ3) is 8.26. The van der Waals surface area contributed by atoms with Crippen molar-refractivity contribution in [3.05, 3.63) is 59.7 Å². The predicted molar refractivity (Wildman–Crippen MR) is 144 cm³/mol. The van der Waals surface area contributed by atoms with E-state index in [2.05, 4.69) is 5.32 Å². The second-order valence-corrected chi connectivity index (χ2v) is 11.7. The molecule has 0 radical (unpaired) electrons. The van der Waals surface area contributed by atoms with Crippen molar-refractivity contribution in [1.29, 1.82) is 0 Å². The number of carbonyl (C=O) groups is 2. The molecule has 1 N–H and O–H groups in total. The average Bonchev–Trinajstić information content (AvgIpc) is 2.80. The summed E-state index contributed by atoms with van der Waals surface area (Å²) in [5, 5.41) is 2.95. The number of anilines is 1. The molecule has 2 aromatic rings. The molecule has 1 atom stereocenters. The number of hydrogen-bond acceptors (Lipinski definition) is 5. The SMILES string of the molecule is CCc1ccc(N(CC(=O)N(Cc2cccc(OC)c2)[C@@H](CC)C(=O)NC(C)(C)C)S(C)(=O)=O)cc1. The smallest absolute Gasteiger partial charge is 0.244 e. The van der Waals surface area contributed by atoms with Crippen LogP contribution < -0.4 is 14.4 Å². The van der Waals surface area contributed by atoms with Crippen molar-refractivity contribution in [2.24, 2.45) is 0 Å². The molecule has 0 bridgehead atoms. The first-order valence-corrected chi connectivity index (χ1v) is 13.9. The van der Waals surface area contributed by atoms with E-state index in [1.165, 1.54) is 4.90 Å². The number of aryl methyl sites for hydroxylation is 1. The summed E-state index contributed by atoms with van der Waals surface area (Å²) in [4.78, 5) is 28.4. The summed E-state index contributed by atoms with van der Waals surface area (Å²) in [6.07, 6.45) is 2.25. The van der Waals surface area contributed by atoms with Gasteiger partial charge in [0.15, 0.2) is 0 Å². The normalized spacial score (nSPS) is 12.5. The standard InChI is InChI=1S/C27H39N3O5S/c1-8-20-13-15-22(16-14-20)30(36(7,33)34)19-25(31)29(18-21-11-10-12-23(17-21)35-6)24(9-2)26(32)28-27(3,4)5/h10-17,24H,8-9,18-19H2,1-7H3,(H,28,32)/t24-/m0/s1. The van der Waals surface area contributed by atoms with Gasteiger partial charge in [-0.1, -0.05) is 38.1 Å². The maximum atomic E-state index is 13.7. The first-order chi connectivity index (χ1) is 16.8. The molecule has 0 saturated carbocycles. The summed E-state index contributed by atoms with van der Waals surface area (Å²) >= 11 is 0. The van der Waals surface area contributed by atoms with Crippen molar-refractivity contribution in [3.8, 4) is 5.75 Å². The maximum absolute atomic E-state index is 13.7. The third-order valence-corrected chi connectivity index (χ3v) is 6.82. The molecule has 0 heterocycles. The fourth-order valence-corrected chi connectivity index (χ4v) is 4.70. The second kappa shape index (κ2) is 12.3. The minimum Gasteiger partial charge on any atom is -0.497 e. The maximum Gasteiger partial charge on any atom is 0.244 e. The Hall–Kier alpha value is -3.07. The predicted octanol–water partition coefficient (Wildman–Crippen LogP) is 3.75. The zero-order valence-electron chi connectivity index (χ0n) is 22.4. The van der Waals surface area contributed by atoms with Gasteiger partial charge in [0.1, 0.15) is 18.3 Å². The Morgan fingerprint density at radius 1 is 1.03 bits per heavy atom. The van der Waals surface area contributed by atoms with Crippen LogP contribution in [0.3, 0.4) is 0 Å². The van der Waals surface area contributed by atoms with E-state index in [1.54, 1.807) is 31.4 Å². The van der Waals surface area contributed by atoms with Crippen molar-refractivity contribution in [2.75, 3.05) is 24.2 Å². The summed E-state index contributed by atoms with van der Waals surface area (Å²) in [6, 6.07) is 13.5. The van der Waals surface area contributed by atoms with E-state index in [1.807, 2.05) is 58.9 Å². The van der Waals surface area contributed by atoms with Crippen LogP contribution in [0.1, 0.15) is 52.2 Å². The molecule has 2 rings (SSSR count). The van der Waals surface area contributed by atoms with Gasteiger partial charge in [-0.3, -0.25) is 13.9 Å². The molecule has 2 aromatic carbocycles. The molecule has 0 spiro atoms. The molecular formula is C27H39N3O5S. The second-order valence-electron chi connectivity index (χ2n) is 9.83. The average molecular weight is 518 g/mol. The lowest BCUT2D eigenvalue weighted by Crippen LogP contribution is -2.55. The molecule has 8 nitrogen and oxygen atoms in total. The topological polar surface area (TPSA) is 96.0 Å². The first kappa shape index (κ1) is 29.2. The molecule has 0 unspecified atom stereocenters. The van der Waals surface area contributed by atoms with E-state index in [4.69, 9.17) is 4.74 Å². The molecule has 198 valence electrons. The number of methoxy groups -OCH3 is 1. The quantitative estimate of drug-likeness (QED) is 0.490. The van der Waals surface area contributed by atoms with Crippen molar-refractivity contribution >= 4 is 27.5 Å². The van der Waals surface area contributed by atoms with Crippen molar-refractivity contribution in [3.63, 3.8) is 0 Å². The van der Waals surface area contributed by atoms with E-state index in [-0.39, 0.29) is 12.5 Å². The number of nitrogens with one attached hydrogen (secondary N) is 1. The Morgan fingerprint density at radius 2 is 1.67 bits per heavy atom. The number of nitrogens with zero attached hydrogens (tertiary/aromatic N) is 2. The lowest BCUT2D eigenvalue weighted by Gasteiger charge is -2.34. The number of rotatable bonds is 11. The van der Waals surface area contributed by atoms with Gasteiger partial charge in [0.25, 0.3) is 0 Å². The lowest BCUT2D eigenvalue weighted by atomic mass is 10.1. The summed E-state index contributed by atoms with van der Waals surface area (Å²) in [5.41, 5.74) is 1.73. The monoisotopic (exact) mass is 517 g/mol. The number of benzene rings is 2. The number of amides is 2. The first-order valence-electron chi connectivity index (χ1n) is 12.1. The van der Waals surface area contributed by atoms with Gasteiger partial charge >= 0.3 is 0 Å². The fraction of sp³-hybridized carbons (Fsp3) is 0.481. The molecule has 2 amide bonds. The van der Waals surface area contributed by atoms with Crippen molar-refractivity contribution in [1.82, 2.24) is 10.2 Å². The van der Waals surface area contributed by atoms with Crippen LogP contribution in [0.15, 0.2) is 48.5 Å². The molecule has 0 aliphatic carbocycles. The van der Waals surface area contributed by atoms with Gasteiger partial charge in [0.2, 0.25) is 21.8 Å². The van der Waals surface area contributed by atoms with Crippen LogP contribution >= 0.6 is 0 Å². The Balaban J connectivity index is 2.46. The third-order valence-electron chi connectivity index (χ3n) is 5.68. The Labute approximate surface area is 215 Å². The minimum atomic E-state index is -3.77. The van der Waals surface area contributed by atoms with Gasteiger partial charge in [0, 0.05) is 12.1 Å². The summed E-state index contributed by atoms with van der Waals surface area (Å²) < 4.78 is 31.8. The van der Waals surface area contributed by atoms with Crippen LogP contribution in [0, 0.1) is 0 Å². The van der Waals surface area contributed by atoms with Crippen LogP contribution in [0.25, 0.3) is 0 Å². The molecule has 0 fully saturated rings. The zero-order valence-corrected chi connectivity index (χ0v) is 23.2. The highest BCUT2D eigenvalue weighted by Gasteiger charge is 2.33. The lowest BCUT2D eigenvalue weighted by molar-refractivity contribution is -0.141. The van der Waals surface area contributed by atoms with E-state index in [9.17, 15) is 18.0 Å². The molecule has 0 aromatic heterocycles. The van der Waals surface area contributed by atoms with Gasteiger partial charge < -0.3 is 15.0 Å². The molecule has 9 heteroatoms. The van der Waals surface area contributed by atoms with Gasteiger partial charge in [-0.25, -0.2) is 8.42 Å². The molecule has 0 aliphatic rings. The van der Waals surface area contributed by atoms with Crippen LogP contribution in [-0.4, -0.2) is 56.6 Å². The van der Waals surface area contributed by atoms with Crippen molar-refractivity contribution in [2.45, 2.75) is 65.6 Å². The Kier molecular flexibility index (Phi) is 9.93. The van der Waals surface area contributed by atoms with Gasteiger partial charge in [0.05, 0.1) is 19.1 Å². The number of sulfonamides is 1. The van der Waals surface area contributed by atoms with Crippen LogP contribution in [0.4, 0.5) is 5.69 Å². The molecular weight excluding hydrogens is 478 g/mol. The molecule has 36 heavy (non-hydrogen) atoms. The number of carbonyl (C=O) groups excluding carboxylic acids is 2. The van der Waals surface area contributed by atoms with E-state index < -0.39 is 34.1 Å². The van der Waals surface area contributed by atoms with E-state index >= 15 is 0 Å². The van der Waals surface area contributed by atoms with Gasteiger partial charge in [-0.2, -0.15) is 0 Å². The van der Waals surface area contributed by atoms with E-state index in [0.29, 0.717) is 17.9 Å². The van der Waals surface area contributed by atoms with Crippen LogP contribution in [0.2, 0.25) is 0 Å². The number of hydrogen-bond donors (Lipinski definition) is 1. The summed E-state index contributed by atoms with van der Waals surface area (Å²) in [6.45, 7) is 9.16. The summed E-state index contributed by atoms with van der Waals surface area (Å²) in [7, 11) is -2.21. The minimum absolute atomic E-state index is 0.123. The fourth-order valence-electron chi connectivity index (χ4n) is 3.85. The zero-order chi connectivity index (χ0) is 27.1. The van der Waals surface area contributed by atoms with Gasteiger partial charge in [-0.15, -0.1) is 0 Å². The van der Waals surface area contributed by atoms with Crippen molar-refractivity contribution < 1.29 is 22.7 Å². The highest BCUT2D eigenvalue weighted by Crippen LogP contribution is 2.22. The molecule has 0 saturated heterocycles. The highest BCUT2D eigenvalue weighted by molar-refractivity contribution is 7.92. The highest BCUT2D eigenvalue weighted by atomic mass is 32.2. The van der Waals surface area contributed by atoms with Crippen LogP contribution in [-0.2, 0) is 32.6 Å². The van der Waals surface area contributed by atoms with Gasteiger partial charge in [-0.05, 0) is 69.0 Å². The number of ether oxygens (including phenoxy) is 1. The Bertz CT molecular complexity index is 1140. The Morgan fingerprint density at radius 3 is 2.17 bits per heavy atom. The largest absolute Gasteiger partial charge is 0.497 e.